The molecule has 0 radical (unpaired) electrons. The van der Waals surface area contributed by atoms with E-state index in [2.05, 4.69) is 28.4 Å². The average molecular weight is 348 g/mol. The van der Waals surface area contributed by atoms with Crippen LogP contribution in [0.4, 0.5) is 0 Å². The van der Waals surface area contributed by atoms with Gasteiger partial charge in [-0.1, -0.05) is 48.5 Å². The van der Waals surface area contributed by atoms with Crippen LogP contribution in [-0.2, 0) is 11.2 Å². The summed E-state index contributed by atoms with van der Waals surface area (Å²) in [7, 11) is 0. The van der Waals surface area contributed by atoms with Crippen LogP contribution in [0.1, 0.15) is 27.0 Å². The summed E-state index contributed by atoms with van der Waals surface area (Å²) >= 11 is 0. The molecule has 26 heavy (non-hydrogen) atoms. The van der Waals surface area contributed by atoms with Crippen molar-refractivity contribution in [2.24, 2.45) is 0 Å². The SMILES string of the molecule is O=C1/C(=C/NCCN2CCOCC2)c2ccccc2Cc2ccccc21. The first-order valence-corrected chi connectivity index (χ1v) is 9.27. The van der Waals surface area contributed by atoms with Gasteiger partial charge in [-0.15, -0.1) is 0 Å². The molecule has 2 aliphatic rings. The zero-order chi connectivity index (χ0) is 17.8. The van der Waals surface area contributed by atoms with Crippen molar-refractivity contribution in [2.45, 2.75) is 6.42 Å². The van der Waals surface area contributed by atoms with E-state index in [1.807, 2.05) is 36.5 Å². The Hall–Kier alpha value is -2.43. The van der Waals surface area contributed by atoms with Gasteiger partial charge in [0.2, 0.25) is 0 Å². The first-order chi connectivity index (χ1) is 12.8. The Morgan fingerprint density at radius 3 is 2.38 bits per heavy atom. The van der Waals surface area contributed by atoms with Crippen molar-refractivity contribution in [2.75, 3.05) is 39.4 Å². The van der Waals surface area contributed by atoms with Gasteiger partial charge in [0, 0.05) is 43.5 Å². The van der Waals surface area contributed by atoms with E-state index in [0.717, 1.165) is 68.1 Å². The minimum absolute atomic E-state index is 0.101. The van der Waals surface area contributed by atoms with E-state index in [1.54, 1.807) is 0 Å². The lowest BCUT2D eigenvalue weighted by Crippen LogP contribution is -2.39. The van der Waals surface area contributed by atoms with Crippen LogP contribution in [0.15, 0.2) is 54.7 Å². The third-order valence-electron chi connectivity index (χ3n) is 5.12. The van der Waals surface area contributed by atoms with Crippen LogP contribution in [0.3, 0.4) is 0 Å². The van der Waals surface area contributed by atoms with Crippen LogP contribution in [0.2, 0.25) is 0 Å². The molecular formula is C22H24N2O2. The molecule has 2 aromatic carbocycles. The molecule has 0 unspecified atom stereocenters. The Labute approximate surface area is 154 Å². The molecule has 1 fully saturated rings. The van der Waals surface area contributed by atoms with Crippen molar-refractivity contribution < 1.29 is 9.53 Å². The number of fused-ring (bicyclic) bond motifs is 2. The summed E-state index contributed by atoms with van der Waals surface area (Å²) in [6.45, 7) is 5.36. The topological polar surface area (TPSA) is 41.6 Å². The zero-order valence-electron chi connectivity index (χ0n) is 14.9. The van der Waals surface area contributed by atoms with Gasteiger partial charge in [0.15, 0.2) is 5.78 Å². The fraction of sp³-hybridized carbons (Fsp3) is 0.318. The van der Waals surface area contributed by atoms with Gasteiger partial charge in [-0.3, -0.25) is 9.69 Å². The number of hydrogen-bond acceptors (Lipinski definition) is 4. The molecule has 134 valence electrons. The van der Waals surface area contributed by atoms with E-state index >= 15 is 0 Å². The molecule has 0 amide bonds. The van der Waals surface area contributed by atoms with E-state index in [4.69, 9.17) is 4.74 Å². The van der Waals surface area contributed by atoms with Crippen molar-refractivity contribution in [1.29, 1.82) is 0 Å². The lowest BCUT2D eigenvalue weighted by Gasteiger charge is -2.26. The number of hydrogen-bond donors (Lipinski definition) is 1. The Balaban J connectivity index is 1.56. The molecule has 4 nitrogen and oxygen atoms in total. The van der Waals surface area contributed by atoms with Crippen molar-refractivity contribution >= 4 is 11.4 Å². The number of allylic oxidation sites excluding steroid dienone is 1. The third-order valence-corrected chi connectivity index (χ3v) is 5.12. The maximum atomic E-state index is 13.2. The van der Waals surface area contributed by atoms with E-state index in [0.29, 0.717) is 0 Å². The fourth-order valence-electron chi connectivity index (χ4n) is 3.67. The van der Waals surface area contributed by atoms with E-state index in [1.165, 1.54) is 5.56 Å². The number of nitrogens with zero attached hydrogens (tertiary/aromatic N) is 1. The molecule has 4 heteroatoms. The summed E-state index contributed by atoms with van der Waals surface area (Å²) in [5.74, 6) is 0.101. The number of morpholine rings is 1. The van der Waals surface area contributed by atoms with Gasteiger partial charge in [-0.2, -0.15) is 0 Å². The predicted octanol–water partition coefficient (Wildman–Crippen LogP) is 2.74. The molecule has 1 aliphatic carbocycles. The van der Waals surface area contributed by atoms with Crippen LogP contribution in [-0.4, -0.2) is 50.1 Å². The largest absolute Gasteiger partial charge is 0.389 e. The minimum Gasteiger partial charge on any atom is -0.389 e. The van der Waals surface area contributed by atoms with Crippen LogP contribution in [0, 0.1) is 0 Å². The highest BCUT2D eigenvalue weighted by atomic mass is 16.5. The van der Waals surface area contributed by atoms with Gasteiger partial charge in [0.1, 0.15) is 0 Å². The summed E-state index contributed by atoms with van der Waals surface area (Å²) in [5, 5.41) is 3.37. The van der Waals surface area contributed by atoms with E-state index in [-0.39, 0.29) is 5.78 Å². The number of ether oxygens (including phenoxy) is 1. The first-order valence-electron chi connectivity index (χ1n) is 9.27. The summed E-state index contributed by atoms with van der Waals surface area (Å²) in [4.78, 5) is 15.5. The highest BCUT2D eigenvalue weighted by molar-refractivity contribution is 6.30. The van der Waals surface area contributed by atoms with Crippen LogP contribution in [0.25, 0.3) is 5.57 Å². The number of carbonyl (C=O) groups excluding carboxylic acids is 1. The van der Waals surface area contributed by atoms with Gasteiger partial charge < -0.3 is 10.1 Å². The van der Waals surface area contributed by atoms with Crippen molar-refractivity contribution in [3.8, 4) is 0 Å². The first kappa shape index (κ1) is 17.0. The highest BCUT2D eigenvalue weighted by Gasteiger charge is 2.23. The molecule has 0 atom stereocenters. The smallest absolute Gasteiger partial charge is 0.195 e. The standard InChI is InChI=1S/C22H24N2O2/c25-22-20-8-4-2-6-18(20)15-17-5-1-3-7-19(17)21(22)16-23-9-10-24-11-13-26-14-12-24/h1-8,16,23H,9-15H2/b21-16+. The Morgan fingerprint density at radius 1 is 0.962 bits per heavy atom. The lowest BCUT2D eigenvalue weighted by atomic mass is 9.97. The van der Waals surface area contributed by atoms with Crippen LogP contribution < -0.4 is 5.32 Å². The minimum atomic E-state index is 0.101. The lowest BCUT2D eigenvalue weighted by molar-refractivity contribution is 0.0388. The number of nitrogens with one attached hydrogen (secondary N) is 1. The normalized spacial score (nSPS) is 18.9. The number of rotatable bonds is 4. The molecule has 0 saturated carbocycles. The van der Waals surface area contributed by atoms with Crippen LogP contribution in [0.5, 0.6) is 0 Å². The molecule has 1 N–H and O–H groups in total. The maximum absolute atomic E-state index is 13.2. The molecule has 0 aromatic heterocycles. The Kier molecular flexibility index (Phi) is 5.14. The Bertz CT molecular complexity index is 822. The summed E-state index contributed by atoms with van der Waals surface area (Å²) in [6.07, 6.45) is 2.70. The van der Waals surface area contributed by atoms with Crippen molar-refractivity contribution in [3.63, 3.8) is 0 Å². The number of ketones is 1. The molecule has 1 saturated heterocycles. The maximum Gasteiger partial charge on any atom is 0.195 e. The second-order valence-electron chi connectivity index (χ2n) is 6.79. The second-order valence-corrected chi connectivity index (χ2v) is 6.79. The number of carbonyl (C=O) groups is 1. The second kappa shape index (κ2) is 7.85. The monoisotopic (exact) mass is 348 g/mol. The van der Waals surface area contributed by atoms with E-state index in [9.17, 15) is 4.79 Å². The predicted molar refractivity (Wildman–Crippen MR) is 103 cm³/mol. The molecule has 0 spiro atoms. The quantitative estimate of drug-likeness (QED) is 0.681. The summed E-state index contributed by atoms with van der Waals surface area (Å²) in [5.41, 5.74) is 4.90. The van der Waals surface area contributed by atoms with Gasteiger partial charge >= 0.3 is 0 Å². The summed E-state index contributed by atoms with van der Waals surface area (Å²) < 4.78 is 5.38. The number of benzene rings is 2. The molecular weight excluding hydrogens is 324 g/mol. The molecule has 4 rings (SSSR count). The number of Topliss-reactive ketones (excluding diaryl/α,β-unsaturated/α-hetero) is 1. The molecule has 2 aromatic rings. The fourth-order valence-corrected chi connectivity index (χ4v) is 3.67. The van der Waals surface area contributed by atoms with E-state index < -0.39 is 0 Å². The summed E-state index contributed by atoms with van der Waals surface area (Å²) in [6, 6.07) is 16.1. The average Bonchev–Trinajstić information content (AvgIpc) is 2.81. The van der Waals surface area contributed by atoms with Gasteiger partial charge in [-0.05, 0) is 23.1 Å². The zero-order valence-corrected chi connectivity index (χ0v) is 14.9. The van der Waals surface area contributed by atoms with Gasteiger partial charge in [0.05, 0.1) is 13.2 Å². The highest BCUT2D eigenvalue weighted by Crippen LogP contribution is 2.30. The molecule has 1 aliphatic heterocycles. The van der Waals surface area contributed by atoms with Crippen molar-refractivity contribution in [3.05, 3.63) is 77.0 Å². The van der Waals surface area contributed by atoms with Crippen LogP contribution >= 0.6 is 0 Å². The third kappa shape index (κ3) is 3.57. The van der Waals surface area contributed by atoms with Gasteiger partial charge in [0.25, 0.3) is 0 Å². The molecule has 0 bridgehead atoms. The molecule has 1 heterocycles. The van der Waals surface area contributed by atoms with Gasteiger partial charge in [-0.25, -0.2) is 0 Å². The Morgan fingerprint density at radius 2 is 1.62 bits per heavy atom. The van der Waals surface area contributed by atoms with Crippen molar-refractivity contribution in [1.82, 2.24) is 10.2 Å².